The first-order valence-electron chi connectivity index (χ1n) is 13.0. The number of aliphatic hydroxyl groups excluding tert-OH is 2. The summed E-state index contributed by atoms with van der Waals surface area (Å²) in [7, 11) is 3.03. The number of carbonyl (C=O) groups is 3. The Morgan fingerprint density at radius 3 is 2.26 bits per heavy atom. The number of phenolic OH excluding ortho intramolecular Hbond substituents is 1. The van der Waals surface area contributed by atoms with Gasteiger partial charge in [-0.2, -0.15) is 13.2 Å². The van der Waals surface area contributed by atoms with Gasteiger partial charge in [0.25, 0.3) is 5.91 Å². The number of hydrogen-bond donors (Lipinski definition) is 6. The molecule has 0 unspecified atom stereocenters. The SMILES string of the molecule is CN(C)[C@H]1C(O)=C(C(N)=O)C(=O)[C@@]2(O)C(O)=C3C(=O)c4c(O)c(CN)cc(-c5ccc(C(F)(F)F)cc5)c4C[C@H]3C[C@@H]12. The second-order valence-electron chi connectivity index (χ2n) is 11.0. The number of halogens is 3. The minimum absolute atomic E-state index is 0.0245. The largest absolute Gasteiger partial charge is 0.510 e. The number of amides is 1. The molecule has 42 heavy (non-hydrogen) atoms. The number of aliphatic hydroxyl groups is 3. The van der Waals surface area contributed by atoms with Crippen molar-refractivity contribution in [3.8, 4) is 16.9 Å². The van der Waals surface area contributed by atoms with Gasteiger partial charge in [0, 0.05) is 23.6 Å². The summed E-state index contributed by atoms with van der Waals surface area (Å²) in [4.78, 5) is 40.9. The first-order valence-corrected chi connectivity index (χ1v) is 13.0. The van der Waals surface area contributed by atoms with Gasteiger partial charge >= 0.3 is 6.18 Å². The molecule has 5 rings (SSSR count). The summed E-state index contributed by atoms with van der Waals surface area (Å²) in [5.74, 6) is -7.87. The van der Waals surface area contributed by atoms with Crippen molar-refractivity contribution in [3.63, 3.8) is 0 Å². The number of rotatable bonds is 4. The molecule has 10 nitrogen and oxygen atoms in total. The number of carbonyl (C=O) groups excluding carboxylic acids is 3. The standard InChI is InChI=1S/C29H28F3N3O7/c1-35(2)21-17-9-12-7-16-15(11-3-5-14(6-4-11)29(30,31)32)8-13(10-33)22(36)19(16)23(37)18(12)25(39)28(17,42)26(40)20(24(21)38)27(34)41/h3-6,8,12,17,21,36,38-39,42H,7,9-10,33H2,1-2H3,(H2,34,41)/t12-,17-,21+,28-/m0/s1. The molecule has 0 fully saturated rings. The molecule has 0 spiro atoms. The number of benzene rings is 2. The van der Waals surface area contributed by atoms with E-state index in [-0.39, 0.29) is 41.6 Å². The van der Waals surface area contributed by atoms with Crippen molar-refractivity contribution < 1.29 is 48.0 Å². The predicted molar refractivity (Wildman–Crippen MR) is 142 cm³/mol. The maximum absolute atomic E-state index is 14.0. The smallest absolute Gasteiger partial charge is 0.416 e. The number of ketones is 2. The maximum Gasteiger partial charge on any atom is 0.416 e. The van der Waals surface area contributed by atoms with Crippen molar-refractivity contribution in [3.05, 3.63) is 75.3 Å². The molecule has 222 valence electrons. The van der Waals surface area contributed by atoms with Gasteiger partial charge in [-0.15, -0.1) is 0 Å². The highest BCUT2D eigenvalue weighted by atomic mass is 19.4. The number of allylic oxidation sites excluding steroid dienone is 1. The van der Waals surface area contributed by atoms with Crippen LogP contribution in [0.3, 0.4) is 0 Å². The lowest BCUT2D eigenvalue weighted by Crippen LogP contribution is -2.63. The second-order valence-corrected chi connectivity index (χ2v) is 11.0. The Bertz CT molecular complexity index is 1610. The van der Waals surface area contributed by atoms with Gasteiger partial charge in [-0.05, 0) is 67.7 Å². The summed E-state index contributed by atoms with van der Waals surface area (Å²) < 4.78 is 39.6. The first kappa shape index (κ1) is 29.3. The summed E-state index contributed by atoms with van der Waals surface area (Å²) in [5, 5.41) is 45.0. The molecule has 0 heterocycles. The maximum atomic E-state index is 14.0. The van der Waals surface area contributed by atoms with Gasteiger partial charge in [0.2, 0.25) is 5.78 Å². The average Bonchev–Trinajstić information content (AvgIpc) is 2.90. The van der Waals surface area contributed by atoms with Crippen LogP contribution in [0.25, 0.3) is 11.1 Å². The molecule has 4 atom stereocenters. The van der Waals surface area contributed by atoms with E-state index in [1.807, 2.05) is 0 Å². The van der Waals surface area contributed by atoms with Gasteiger partial charge in [-0.3, -0.25) is 19.3 Å². The van der Waals surface area contributed by atoms with Crippen molar-refractivity contribution >= 4 is 17.5 Å². The van der Waals surface area contributed by atoms with Crippen LogP contribution in [0, 0.1) is 11.8 Å². The number of aromatic hydroxyl groups is 1. The van der Waals surface area contributed by atoms with E-state index in [9.17, 15) is 48.0 Å². The average molecular weight is 588 g/mol. The highest BCUT2D eigenvalue weighted by molar-refractivity contribution is 6.25. The van der Waals surface area contributed by atoms with Gasteiger partial charge < -0.3 is 31.9 Å². The highest BCUT2D eigenvalue weighted by Crippen LogP contribution is 2.53. The number of likely N-dealkylation sites (N-methyl/N-ethyl adjacent to an activating group) is 1. The topological polar surface area (TPSA) is 187 Å². The van der Waals surface area contributed by atoms with Crippen LogP contribution in [0.2, 0.25) is 0 Å². The Kier molecular flexibility index (Phi) is 6.75. The molecular weight excluding hydrogens is 559 g/mol. The number of nitrogens with two attached hydrogens (primary N) is 2. The Morgan fingerprint density at radius 2 is 1.74 bits per heavy atom. The fourth-order valence-electron chi connectivity index (χ4n) is 6.63. The van der Waals surface area contributed by atoms with Crippen molar-refractivity contribution in [2.45, 2.75) is 37.2 Å². The summed E-state index contributed by atoms with van der Waals surface area (Å²) >= 11 is 0. The molecule has 3 aliphatic rings. The van der Waals surface area contributed by atoms with Gasteiger partial charge in [-0.1, -0.05) is 12.1 Å². The molecule has 2 aromatic carbocycles. The number of fused-ring (bicyclic) bond motifs is 3. The number of hydrogen-bond acceptors (Lipinski definition) is 9. The monoisotopic (exact) mass is 587 g/mol. The summed E-state index contributed by atoms with van der Waals surface area (Å²) in [5.41, 5.74) is 6.98. The molecule has 13 heteroatoms. The van der Waals surface area contributed by atoms with Gasteiger partial charge in [0.15, 0.2) is 11.4 Å². The van der Waals surface area contributed by atoms with Crippen molar-refractivity contribution in [1.29, 1.82) is 0 Å². The molecular formula is C29H28F3N3O7. The Hall–Kier alpha value is -4.20. The van der Waals surface area contributed by atoms with Gasteiger partial charge in [0.05, 0.1) is 17.2 Å². The molecule has 0 saturated heterocycles. The Morgan fingerprint density at radius 1 is 1.12 bits per heavy atom. The Balaban J connectivity index is 1.73. The van der Waals surface area contributed by atoms with E-state index in [2.05, 4.69) is 0 Å². The van der Waals surface area contributed by atoms with E-state index in [0.29, 0.717) is 11.1 Å². The van der Waals surface area contributed by atoms with Crippen LogP contribution in [0.15, 0.2) is 53.0 Å². The lowest BCUT2D eigenvalue weighted by atomic mass is 9.58. The van der Waals surface area contributed by atoms with E-state index in [1.54, 1.807) is 0 Å². The first-order chi connectivity index (χ1) is 19.5. The van der Waals surface area contributed by atoms with Crippen LogP contribution in [-0.2, 0) is 28.7 Å². The van der Waals surface area contributed by atoms with Crippen LogP contribution in [0.4, 0.5) is 13.2 Å². The van der Waals surface area contributed by atoms with Gasteiger partial charge in [-0.25, -0.2) is 0 Å². The molecule has 0 radical (unpaired) electrons. The lowest BCUT2D eigenvalue weighted by molar-refractivity contribution is -0.148. The molecule has 3 aliphatic carbocycles. The van der Waals surface area contributed by atoms with E-state index >= 15 is 0 Å². The summed E-state index contributed by atoms with van der Waals surface area (Å²) in [6, 6.07) is 4.58. The van der Waals surface area contributed by atoms with Crippen LogP contribution < -0.4 is 11.5 Å². The third-order valence-electron chi connectivity index (χ3n) is 8.54. The second kappa shape index (κ2) is 9.68. The van der Waals surface area contributed by atoms with Crippen molar-refractivity contribution in [1.82, 2.24) is 4.90 Å². The summed E-state index contributed by atoms with van der Waals surface area (Å²) in [6.07, 6.45) is -4.73. The number of phenols is 1. The number of Topliss-reactive ketones (excluding diaryl/α,β-unsaturated/α-hetero) is 2. The zero-order chi connectivity index (χ0) is 31.0. The molecule has 8 N–H and O–H groups in total. The minimum Gasteiger partial charge on any atom is -0.510 e. The molecule has 0 aliphatic heterocycles. The zero-order valence-corrected chi connectivity index (χ0v) is 22.5. The molecule has 0 bridgehead atoms. The van der Waals surface area contributed by atoms with E-state index < -0.39 is 75.5 Å². The molecule has 2 aromatic rings. The zero-order valence-electron chi connectivity index (χ0n) is 22.5. The lowest BCUT2D eigenvalue weighted by Gasteiger charge is -2.50. The summed E-state index contributed by atoms with van der Waals surface area (Å²) in [6.45, 7) is -0.241. The van der Waals surface area contributed by atoms with Crippen molar-refractivity contribution in [2.24, 2.45) is 23.3 Å². The van der Waals surface area contributed by atoms with E-state index in [1.165, 1.54) is 37.2 Å². The van der Waals surface area contributed by atoms with Crippen LogP contribution >= 0.6 is 0 Å². The Labute approximate surface area is 237 Å². The van der Waals surface area contributed by atoms with Crippen molar-refractivity contribution in [2.75, 3.05) is 14.1 Å². The normalized spacial score (nSPS) is 25.9. The molecule has 0 aromatic heterocycles. The number of alkyl halides is 3. The van der Waals surface area contributed by atoms with Gasteiger partial charge in [0.1, 0.15) is 22.8 Å². The van der Waals surface area contributed by atoms with Crippen LogP contribution in [-0.4, -0.2) is 68.5 Å². The quantitative estimate of drug-likeness (QED) is 0.292. The number of nitrogens with zero attached hydrogens (tertiary/aromatic N) is 1. The van der Waals surface area contributed by atoms with E-state index in [0.717, 1.165) is 12.1 Å². The molecule has 0 saturated carbocycles. The highest BCUT2D eigenvalue weighted by Gasteiger charge is 2.63. The number of primary amides is 1. The third kappa shape index (κ3) is 4.02. The third-order valence-corrected chi connectivity index (χ3v) is 8.54. The predicted octanol–water partition coefficient (Wildman–Crippen LogP) is 2.27. The fourth-order valence-corrected chi connectivity index (χ4v) is 6.63. The fraction of sp³-hybridized carbons (Fsp3) is 0.345. The minimum atomic E-state index is -4.57. The van der Waals surface area contributed by atoms with Crippen LogP contribution in [0.5, 0.6) is 5.75 Å². The van der Waals surface area contributed by atoms with E-state index in [4.69, 9.17) is 11.5 Å². The van der Waals surface area contributed by atoms with Crippen LogP contribution in [0.1, 0.15) is 33.5 Å². The molecule has 1 amide bonds.